The Kier molecular flexibility index (Phi) is 6.11. The number of carbonyl (C=O) groups excluding carboxylic acids is 2. The second-order valence-electron chi connectivity index (χ2n) is 6.95. The van der Waals surface area contributed by atoms with E-state index in [4.69, 9.17) is 4.74 Å². The lowest BCUT2D eigenvalue weighted by atomic mass is 9.86. The summed E-state index contributed by atoms with van der Waals surface area (Å²) in [5.74, 6) is 0.0262. The molecule has 4 nitrogen and oxygen atoms in total. The third-order valence-corrected chi connectivity index (χ3v) is 6.25. The number of amides is 1. The van der Waals surface area contributed by atoms with Crippen LogP contribution >= 0.6 is 11.3 Å². The van der Waals surface area contributed by atoms with Crippen molar-refractivity contribution in [2.24, 2.45) is 5.92 Å². The molecule has 0 aliphatic heterocycles. The van der Waals surface area contributed by atoms with E-state index in [0.717, 1.165) is 36.8 Å². The van der Waals surface area contributed by atoms with Crippen LogP contribution in [0.2, 0.25) is 0 Å². The highest BCUT2D eigenvalue weighted by atomic mass is 32.1. The first-order valence-corrected chi connectivity index (χ1v) is 10.1. The van der Waals surface area contributed by atoms with Gasteiger partial charge in [-0.25, -0.2) is 4.79 Å². The maximum absolute atomic E-state index is 12.4. The van der Waals surface area contributed by atoms with Gasteiger partial charge in [0.05, 0.1) is 12.7 Å². The number of aryl methyl sites for hydroxylation is 1. The summed E-state index contributed by atoms with van der Waals surface area (Å²) >= 11 is 1.51. The van der Waals surface area contributed by atoms with Crippen molar-refractivity contribution in [2.75, 3.05) is 12.4 Å². The molecular formula is C22H25NO3S. The standard InChI is InChI=1S/C22H25NO3S/c1-4-15-9-11-17-18(13-15)27-21(20(17)22(25)26-3)23-19(24)12-10-16-7-5-14(2)6-8-16/h5-8,10,12,15H,4,9,11,13H2,1-3H3,(H,23,24). The second-order valence-corrected chi connectivity index (χ2v) is 8.06. The van der Waals surface area contributed by atoms with Crippen LogP contribution in [0.3, 0.4) is 0 Å². The zero-order valence-electron chi connectivity index (χ0n) is 16.0. The van der Waals surface area contributed by atoms with Crippen molar-refractivity contribution in [3.05, 3.63) is 57.5 Å². The van der Waals surface area contributed by atoms with Gasteiger partial charge in [0, 0.05) is 11.0 Å². The number of benzene rings is 1. The van der Waals surface area contributed by atoms with Crippen molar-refractivity contribution >= 4 is 34.3 Å². The van der Waals surface area contributed by atoms with Crippen molar-refractivity contribution in [1.29, 1.82) is 0 Å². The molecular weight excluding hydrogens is 358 g/mol. The molecule has 3 rings (SSSR count). The number of esters is 1. The Morgan fingerprint density at radius 3 is 2.70 bits per heavy atom. The van der Waals surface area contributed by atoms with Crippen LogP contribution in [0.25, 0.3) is 6.08 Å². The van der Waals surface area contributed by atoms with Gasteiger partial charge in [0.1, 0.15) is 5.00 Å². The van der Waals surface area contributed by atoms with E-state index in [0.29, 0.717) is 16.5 Å². The number of ether oxygens (including phenoxy) is 1. The molecule has 1 amide bonds. The van der Waals surface area contributed by atoms with Crippen LogP contribution < -0.4 is 5.32 Å². The van der Waals surface area contributed by atoms with Crippen LogP contribution in [0.1, 0.15) is 51.7 Å². The van der Waals surface area contributed by atoms with E-state index in [9.17, 15) is 9.59 Å². The van der Waals surface area contributed by atoms with E-state index in [2.05, 4.69) is 12.2 Å². The molecule has 0 radical (unpaired) electrons. The molecule has 1 aromatic carbocycles. The minimum atomic E-state index is -0.375. The summed E-state index contributed by atoms with van der Waals surface area (Å²) in [5, 5.41) is 3.49. The summed E-state index contributed by atoms with van der Waals surface area (Å²) in [5.41, 5.74) is 3.72. The first kappa shape index (κ1) is 19.4. The van der Waals surface area contributed by atoms with Gasteiger partial charge in [0.15, 0.2) is 0 Å². The summed E-state index contributed by atoms with van der Waals surface area (Å²) < 4.78 is 4.97. The van der Waals surface area contributed by atoms with Gasteiger partial charge in [0.2, 0.25) is 5.91 Å². The fraction of sp³-hybridized carbons (Fsp3) is 0.364. The minimum absolute atomic E-state index is 0.244. The number of fused-ring (bicyclic) bond motifs is 1. The van der Waals surface area contributed by atoms with Gasteiger partial charge < -0.3 is 10.1 Å². The normalized spacial score (nSPS) is 16.2. The van der Waals surface area contributed by atoms with Crippen molar-refractivity contribution in [2.45, 2.75) is 39.5 Å². The Balaban J connectivity index is 1.81. The quantitative estimate of drug-likeness (QED) is 0.583. The van der Waals surface area contributed by atoms with Crippen LogP contribution in [-0.4, -0.2) is 19.0 Å². The van der Waals surface area contributed by atoms with Gasteiger partial charge in [-0.2, -0.15) is 0 Å². The number of methoxy groups -OCH3 is 1. The maximum atomic E-state index is 12.4. The molecule has 1 aliphatic rings. The van der Waals surface area contributed by atoms with E-state index in [-0.39, 0.29) is 11.9 Å². The van der Waals surface area contributed by atoms with Gasteiger partial charge in [0.25, 0.3) is 0 Å². The lowest BCUT2D eigenvalue weighted by Crippen LogP contribution is -2.15. The Bertz CT molecular complexity index is 864. The summed E-state index contributed by atoms with van der Waals surface area (Å²) in [4.78, 5) is 25.9. The van der Waals surface area contributed by atoms with Gasteiger partial charge in [-0.1, -0.05) is 43.2 Å². The van der Waals surface area contributed by atoms with Crippen LogP contribution in [0.5, 0.6) is 0 Å². The molecule has 0 saturated carbocycles. The highest BCUT2D eigenvalue weighted by Gasteiger charge is 2.29. The maximum Gasteiger partial charge on any atom is 0.341 e. The Labute approximate surface area is 164 Å². The number of hydrogen-bond donors (Lipinski definition) is 1. The molecule has 1 heterocycles. The largest absolute Gasteiger partial charge is 0.465 e. The Hall–Kier alpha value is -2.40. The van der Waals surface area contributed by atoms with Gasteiger partial charge in [-0.3, -0.25) is 4.79 Å². The lowest BCUT2D eigenvalue weighted by molar-refractivity contribution is -0.111. The molecule has 1 aromatic heterocycles. The van der Waals surface area contributed by atoms with Crippen LogP contribution in [0, 0.1) is 12.8 Å². The Morgan fingerprint density at radius 1 is 1.30 bits per heavy atom. The third kappa shape index (κ3) is 4.48. The number of nitrogens with one attached hydrogen (secondary N) is 1. The molecule has 0 fully saturated rings. The SMILES string of the molecule is CCC1CCc2c(sc(NC(=O)C=Cc3ccc(C)cc3)c2C(=O)OC)C1. The van der Waals surface area contributed by atoms with Crippen LogP contribution in [-0.2, 0) is 22.4 Å². The predicted octanol–water partition coefficient (Wildman–Crippen LogP) is 5.01. The number of hydrogen-bond acceptors (Lipinski definition) is 4. The number of carbonyl (C=O) groups is 2. The molecule has 1 atom stereocenters. The zero-order valence-corrected chi connectivity index (χ0v) is 16.8. The molecule has 5 heteroatoms. The van der Waals surface area contributed by atoms with E-state index >= 15 is 0 Å². The minimum Gasteiger partial charge on any atom is -0.465 e. The first-order chi connectivity index (χ1) is 13.0. The van der Waals surface area contributed by atoms with Crippen molar-refractivity contribution in [3.63, 3.8) is 0 Å². The highest BCUT2D eigenvalue weighted by Crippen LogP contribution is 2.40. The summed E-state index contributed by atoms with van der Waals surface area (Å²) in [6, 6.07) is 7.94. The molecule has 0 bridgehead atoms. The fourth-order valence-corrected chi connectivity index (χ4v) is 4.76. The molecule has 1 aliphatic carbocycles. The number of thiophene rings is 1. The number of anilines is 1. The summed E-state index contributed by atoms with van der Waals surface area (Å²) in [7, 11) is 1.38. The van der Waals surface area contributed by atoms with Crippen molar-refractivity contribution < 1.29 is 14.3 Å². The summed E-state index contributed by atoms with van der Waals surface area (Å²) in [6.45, 7) is 4.22. The lowest BCUT2D eigenvalue weighted by Gasteiger charge is -2.20. The molecule has 0 saturated heterocycles. The topological polar surface area (TPSA) is 55.4 Å². The van der Waals surface area contributed by atoms with Crippen molar-refractivity contribution in [1.82, 2.24) is 0 Å². The van der Waals surface area contributed by atoms with E-state index in [1.54, 1.807) is 6.08 Å². The third-order valence-electron chi connectivity index (χ3n) is 5.08. The first-order valence-electron chi connectivity index (χ1n) is 9.30. The molecule has 2 aromatic rings. The molecule has 27 heavy (non-hydrogen) atoms. The zero-order chi connectivity index (χ0) is 19.4. The second kappa shape index (κ2) is 8.53. The molecule has 1 unspecified atom stereocenters. The average Bonchev–Trinajstić information content (AvgIpc) is 3.03. The smallest absolute Gasteiger partial charge is 0.341 e. The molecule has 0 spiro atoms. The highest BCUT2D eigenvalue weighted by molar-refractivity contribution is 7.17. The predicted molar refractivity (Wildman–Crippen MR) is 110 cm³/mol. The van der Waals surface area contributed by atoms with E-state index in [1.165, 1.54) is 35.0 Å². The van der Waals surface area contributed by atoms with E-state index in [1.807, 2.05) is 31.2 Å². The number of rotatable bonds is 5. The fourth-order valence-electron chi connectivity index (χ4n) is 3.41. The molecule has 1 N–H and O–H groups in total. The summed E-state index contributed by atoms with van der Waals surface area (Å²) in [6.07, 6.45) is 7.31. The monoisotopic (exact) mass is 383 g/mol. The van der Waals surface area contributed by atoms with Gasteiger partial charge in [-0.15, -0.1) is 11.3 Å². The van der Waals surface area contributed by atoms with Crippen LogP contribution in [0.15, 0.2) is 30.3 Å². The van der Waals surface area contributed by atoms with Gasteiger partial charge in [-0.05, 0) is 49.3 Å². The molecule has 142 valence electrons. The van der Waals surface area contributed by atoms with Crippen molar-refractivity contribution in [3.8, 4) is 0 Å². The average molecular weight is 384 g/mol. The van der Waals surface area contributed by atoms with Gasteiger partial charge >= 0.3 is 5.97 Å². The Morgan fingerprint density at radius 2 is 2.04 bits per heavy atom. The van der Waals surface area contributed by atoms with Crippen LogP contribution in [0.4, 0.5) is 5.00 Å². The van der Waals surface area contributed by atoms with E-state index < -0.39 is 0 Å².